The number of aromatic nitrogens is 1. The van der Waals surface area contributed by atoms with Crippen molar-refractivity contribution in [2.24, 2.45) is 5.73 Å². The van der Waals surface area contributed by atoms with E-state index >= 15 is 0 Å². The third-order valence-corrected chi connectivity index (χ3v) is 6.12. The molecule has 164 valence electrons. The molecule has 31 heavy (non-hydrogen) atoms. The van der Waals surface area contributed by atoms with Crippen LogP contribution < -0.4 is 15.8 Å². The summed E-state index contributed by atoms with van der Waals surface area (Å²) in [5, 5.41) is 3.75. The van der Waals surface area contributed by atoms with E-state index in [0.29, 0.717) is 39.5 Å². The Morgan fingerprint density at radius 2 is 2.03 bits per heavy atom. The van der Waals surface area contributed by atoms with E-state index in [1.165, 1.54) is 31.5 Å². The largest absolute Gasteiger partial charge is 0.494 e. The Morgan fingerprint density at radius 1 is 1.29 bits per heavy atom. The second kappa shape index (κ2) is 9.40. The molecule has 9 heteroatoms. The zero-order valence-electron chi connectivity index (χ0n) is 17.9. The zero-order chi connectivity index (χ0) is 22.7. The fourth-order valence-electron chi connectivity index (χ4n) is 3.17. The third kappa shape index (κ3) is 5.00. The highest BCUT2D eigenvalue weighted by atomic mass is 32.2. The van der Waals surface area contributed by atoms with E-state index < -0.39 is 22.5 Å². The summed E-state index contributed by atoms with van der Waals surface area (Å²) in [6.07, 6.45) is 1.41. The maximum absolute atomic E-state index is 13.8. The second-order valence-electron chi connectivity index (χ2n) is 7.37. The average molecular weight is 445 g/mol. The second-order valence-corrected chi connectivity index (χ2v) is 8.95. The molecule has 7 nitrogen and oxygen atoms in total. The standard InChI is InChI=1S/C22H25FN4O3S/c1-13-9-15(31(29)8-7-27(2)3)11-16-20(13)25-12-17(22(24)28)21(16)26-14-5-6-18(23)19(10-14)30-4/h5-6,9-12H,7-8H2,1-4H3,(H2,24,28)(H,25,26). The van der Waals surface area contributed by atoms with Crippen LogP contribution in [0.1, 0.15) is 15.9 Å². The number of nitrogens with one attached hydrogen (secondary N) is 1. The van der Waals surface area contributed by atoms with Crippen LogP contribution >= 0.6 is 0 Å². The van der Waals surface area contributed by atoms with E-state index in [9.17, 15) is 13.4 Å². The van der Waals surface area contributed by atoms with Gasteiger partial charge in [0.2, 0.25) is 0 Å². The molecular formula is C22H25FN4O3S. The molecule has 1 amide bonds. The van der Waals surface area contributed by atoms with Gasteiger partial charge in [0, 0.05) is 40.5 Å². The number of halogens is 1. The van der Waals surface area contributed by atoms with E-state index in [0.717, 1.165) is 5.56 Å². The van der Waals surface area contributed by atoms with Crippen molar-refractivity contribution < 1.29 is 18.1 Å². The van der Waals surface area contributed by atoms with E-state index in [1.807, 2.05) is 32.0 Å². The molecule has 0 saturated carbocycles. The number of rotatable bonds is 8. The quantitative estimate of drug-likeness (QED) is 0.554. The van der Waals surface area contributed by atoms with Crippen LogP contribution in [0.5, 0.6) is 5.75 Å². The SMILES string of the molecule is COc1cc(Nc2c(C(N)=O)cnc3c(C)cc(S(=O)CCN(C)C)cc23)ccc1F. The number of nitrogens with zero attached hydrogens (tertiary/aromatic N) is 2. The van der Waals surface area contributed by atoms with Gasteiger partial charge in [0.05, 0.1) is 34.7 Å². The summed E-state index contributed by atoms with van der Waals surface area (Å²) in [6, 6.07) is 7.88. The molecule has 1 unspecified atom stereocenters. The number of methoxy groups -OCH3 is 1. The molecule has 0 radical (unpaired) electrons. The first-order valence-corrected chi connectivity index (χ1v) is 10.9. The number of carbonyl (C=O) groups excluding carboxylic acids is 1. The molecule has 0 aliphatic rings. The van der Waals surface area contributed by atoms with Crippen molar-refractivity contribution >= 4 is 39.0 Å². The fourth-order valence-corrected chi connectivity index (χ4v) is 4.49. The van der Waals surface area contributed by atoms with Crippen molar-refractivity contribution in [1.82, 2.24) is 9.88 Å². The van der Waals surface area contributed by atoms with Gasteiger partial charge in [-0.15, -0.1) is 0 Å². The van der Waals surface area contributed by atoms with Gasteiger partial charge in [0.15, 0.2) is 11.6 Å². The number of anilines is 2. The average Bonchev–Trinajstić information content (AvgIpc) is 2.73. The van der Waals surface area contributed by atoms with Gasteiger partial charge in [-0.1, -0.05) is 0 Å². The summed E-state index contributed by atoms with van der Waals surface area (Å²) in [5.41, 5.74) is 8.15. The van der Waals surface area contributed by atoms with Crippen LogP contribution in [0.2, 0.25) is 0 Å². The van der Waals surface area contributed by atoms with Gasteiger partial charge in [-0.05, 0) is 50.8 Å². The maximum atomic E-state index is 13.8. The summed E-state index contributed by atoms with van der Waals surface area (Å²) in [4.78, 5) is 19.1. The molecule has 0 spiro atoms. The molecule has 0 fully saturated rings. The van der Waals surface area contributed by atoms with Crippen LogP contribution in [-0.4, -0.2) is 53.5 Å². The zero-order valence-corrected chi connectivity index (χ0v) is 18.7. The van der Waals surface area contributed by atoms with Gasteiger partial charge in [-0.25, -0.2) is 4.39 Å². The predicted octanol–water partition coefficient (Wildman–Crippen LogP) is 3.20. The minimum atomic E-state index is -1.23. The normalized spacial score (nSPS) is 12.2. The first kappa shape index (κ1) is 22.6. The number of ether oxygens (including phenoxy) is 1. The van der Waals surface area contributed by atoms with Gasteiger partial charge in [0.1, 0.15) is 0 Å². The monoisotopic (exact) mass is 444 g/mol. The molecule has 1 atom stereocenters. The summed E-state index contributed by atoms with van der Waals surface area (Å²) in [7, 11) is 3.98. The third-order valence-electron chi connectivity index (χ3n) is 4.81. The lowest BCUT2D eigenvalue weighted by Gasteiger charge is -2.16. The Kier molecular flexibility index (Phi) is 6.87. The Balaban J connectivity index is 2.16. The number of hydrogen-bond donors (Lipinski definition) is 2. The molecule has 3 aromatic rings. The van der Waals surface area contributed by atoms with Gasteiger partial charge >= 0.3 is 0 Å². The Bertz CT molecular complexity index is 1170. The lowest BCUT2D eigenvalue weighted by Crippen LogP contribution is -2.19. The molecule has 0 aliphatic carbocycles. The molecule has 3 rings (SSSR count). The van der Waals surface area contributed by atoms with Crippen molar-refractivity contribution in [3.05, 3.63) is 53.5 Å². The number of nitrogens with two attached hydrogens (primary N) is 1. The lowest BCUT2D eigenvalue weighted by atomic mass is 10.1. The highest BCUT2D eigenvalue weighted by Gasteiger charge is 2.18. The number of benzene rings is 2. The number of primary amides is 1. The van der Waals surface area contributed by atoms with Crippen molar-refractivity contribution in [2.75, 3.05) is 38.8 Å². The van der Waals surface area contributed by atoms with Crippen molar-refractivity contribution in [1.29, 1.82) is 0 Å². The van der Waals surface area contributed by atoms with Gasteiger partial charge in [-0.3, -0.25) is 14.0 Å². The summed E-state index contributed by atoms with van der Waals surface area (Å²) in [5.74, 6) is -0.635. The van der Waals surface area contributed by atoms with Crippen molar-refractivity contribution in [3.8, 4) is 5.75 Å². The topological polar surface area (TPSA) is 97.5 Å². The lowest BCUT2D eigenvalue weighted by molar-refractivity contribution is 0.100. The summed E-state index contributed by atoms with van der Waals surface area (Å²) >= 11 is 0. The molecule has 0 aliphatic heterocycles. The van der Waals surface area contributed by atoms with Crippen LogP contribution in [0.4, 0.5) is 15.8 Å². The van der Waals surface area contributed by atoms with E-state index in [4.69, 9.17) is 10.5 Å². The van der Waals surface area contributed by atoms with E-state index in [1.54, 1.807) is 6.07 Å². The smallest absolute Gasteiger partial charge is 0.252 e. The van der Waals surface area contributed by atoms with Crippen molar-refractivity contribution in [3.63, 3.8) is 0 Å². The number of carbonyl (C=O) groups is 1. The van der Waals surface area contributed by atoms with Crippen LogP contribution in [0.15, 0.2) is 41.4 Å². The molecule has 3 N–H and O–H groups in total. The molecular weight excluding hydrogens is 419 g/mol. The Morgan fingerprint density at radius 3 is 2.68 bits per heavy atom. The minimum absolute atomic E-state index is 0.0608. The van der Waals surface area contributed by atoms with E-state index in [-0.39, 0.29) is 11.3 Å². The number of amides is 1. The van der Waals surface area contributed by atoms with Gasteiger partial charge in [0.25, 0.3) is 5.91 Å². The van der Waals surface area contributed by atoms with Gasteiger partial charge in [-0.2, -0.15) is 0 Å². The summed E-state index contributed by atoms with van der Waals surface area (Å²) < 4.78 is 31.7. The first-order chi connectivity index (χ1) is 14.7. The number of pyridine rings is 1. The Labute approximate surface area is 182 Å². The minimum Gasteiger partial charge on any atom is -0.494 e. The van der Waals surface area contributed by atoms with Crippen LogP contribution in [0.3, 0.4) is 0 Å². The molecule has 2 aromatic carbocycles. The highest BCUT2D eigenvalue weighted by Crippen LogP contribution is 2.33. The van der Waals surface area contributed by atoms with Crippen LogP contribution in [0, 0.1) is 12.7 Å². The van der Waals surface area contributed by atoms with Gasteiger partial charge < -0.3 is 20.7 Å². The molecule has 1 heterocycles. The highest BCUT2D eigenvalue weighted by molar-refractivity contribution is 7.85. The fraction of sp³-hybridized carbons (Fsp3) is 0.273. The number of hydrogen-bond acceptors (Lipinski definition) is 6. The Hall–Kier alpha value is -3.04. The maximum Gasteiger partial charge on any atom is 0.252 e. The van der Waals surface area contributed by atoms with Crippen molar-refractivity contribution in [2.45, 2.75) is 11.8 Å². The first-order valence-electron chi connectivity index (χ1n) is 9.58. The molecule has 0 bridgehead atoms. The van der Waals surface area contributed by atoms with Crippen LogP contribution in [0.25, 0.3) is 10.9 Å². The summed E-state index contributed by atoms with van der Waals surface area (Å²) in [6.45, 7) is 2.54. The number of fused-ring (bicyclic) bond motifs is 1. The molecule has 0 saturated heterocycles. The predicted molar refractivity (Wildman–Crippen MR) is 121 cm³/mol. The van der Waals surface area contributed by atoms with Crippen LogP contribution in [-0.2, 0) is 10.8 Å². The van der Waals surface area contributed by atoms with E-state index in [2.05, 4.69) is 10.3 Å². The number of aryl methyl sites for hydroxylation is 1. The molecule has 1 aromatic heterocycles.